The highest BCUT2D eigenvalue weighted by Gasteiger charge is 2.41. The molecule has 0 unspecified atom stereocenters. The molecule has 0 aliphatic carbocycles. The Balaban J connectivity index is 1.44. The summed E-state index contributed by atoms with van der Waals surface area (Å²) in [4.78, 5) is 29.1. The van der Waals surface area contributed by atoms with Crippen molar-refractivity contribution in [1.82, 2.24) is 20.9 Å². The maximum Gasteiger partial charge on any atom is 0.287 e. The van der Waals surface area contributed by atoms with Crippen LogP contribution in [-0.4, -0.2) is 42.0 Å². The van der Waals surface area contributed by atoms with E-state index >= 15 is 0 Å². The Bertz CT molecular complexity index is 1090. The third-order valence-corrected chi connectivity index (χ3v) is 6.04. The number of carbonyl (C=O) groups excluding carboxylic acids is 2. The number of piperidine rings is 1. The van der Waals surface area contributed by atoms with Gasteiger partial charge in [-0.3, -0.25) is 9.59 Å². The lowest BCUT2D eigenvalue weighted by atomic mass is 9.87. The summed E-state index contributed by atoms with van der Waals surface area (Å²) in [7, 11) is 0. The van der Waals surface area contributed by atoms with Gasteiger partial charge in [-0.05, 0) is 81.6 Å². The lowest BCUT2D eigenvalue weighted by molar-refractivity contribution is -0.128. The summed E-state index contributed by atoms with van der Waals surface area (Å²) in [5.41, 5.74) is 1.68. The smallest absolute Gasteiger partial charge is 0.287 e. The van der Waals surface area contributed by atoms with Gasteiger partial charge in [0.25, 0.3) is 5.91 Å². The summed E-state index contributed by atoms with van der Waals surface area (Å²) in [6.45, 7) is 5.32. The number of aromatic nitrogens is 1. The Hall–Kier alpha value is -3.13. The molecule has 4 rings (SSSR count). The van der Waals surface area contributed by atoms with E-state index in [2.05, 4.69) is 20.9 Å². The van der Waals surface area contributed by atoms with Gasteiger partial charge in [0, 0.05) is 23.6 Å². The maximum absolute atomic E-state index is 13.6. The topological polar surface area (TPSA) is 99.2 Å². The van der Waals surface area contributed by atoms with Crippen molar-refractivity contribution in [3.8, 4) is 0 Å². The predicted molar refractivity (Wildman–Crippen MR) is 115 cm³/mol. The highest BCUT2D eigenvalue weighted by Crippen LogP contribution is 2.22. The summed E-state index contributed by atoms with van der Waals surface area (Å²) in [6, 6.07) is 6.29. The first-order valence-corrected chi connectivity index (χ1v) is 10.5. The van der Waals surface area contributed by atoms with Crippen LogP contribution in [0, 0.1) is 19.7 Å². The Labute approximate surface area is 179 Å². The van der Waals surface area contributed by atoms with Crippen molar-refractivity contribution in [2.75, 3.05) is 19.6 Å². The number of rotatable bonds is 6. The van der Waals surface area contributed by atoms with Crippen molar-refractivity contribution in [3.63, 3.8) is 0 Å². The molecule has 8 heteroatoms. The second kappa shape index (κ2) is 8.55. The molecule has 2 amide bonds. The van der Waals surface area contributed by atoms with Crippen LogP contribution in [-0.2, 0) is 11.2 Å². The number of hydrogen-bond acceptors (Lipinski definition) is 4. The predicted octanol–water partition coefficient (Wildman–Crippen LogP) is 2.73. The fourth-order valence-electron chi connectivity index (χ4n) is 4.06. The zero-order valence-electron chi connectivity index (χ0n) is 17.7. The molecule has 2 aromatic heterocycles. The summed E-state index contributed by atoms with van der Waals surface area (Å²) in [5.74, 6) is -0.00321. The van der Waals surface area contributed by atoms with Crippen molar-refractivity contribution < 1.29 is 18.4 Å². The SMILES string of the molecule is Cc1cc(C(=O)NC2(C(=O)NCCc3c[nH]c4ccc(F)cc34)CCNCC2)oc1C. The van der Waals surface area contributed by atoms with E-state index in [-0.39, 0.29) is 23.4 Å². The van der Waals surface area contributed by atoms with Crippen molar-refractivity contribution in [2.24, 2.45) is 0 Å². The van der Waals surface area contributed by atoms with Gasteiger partial charge in [0.2, 0.25) is 5.91 Å². The number of carbonyl (C=O) groups is 2. The van der Waals surface area contributed by atoms with Crippen LogP contribution in [0.5, 0.6) is 0 Å². The van der Waals surface area contributed by atoms with E-state index in [1.165, 1.54) is 12.1 Å². The Morgan fingerprint density at radius 2 is 1.97 bits per heavy atom. The van der Waals surface area contributed by atoms with Crippen LogP contribution in [0.15, 0.2) is 34.9 Å². The molecule has 164 valence electrons. The number of aromatic amines is 1. The Morgan fingerprint density at radius 3 is 2.68 bits per heavy atom. The van der Waals surface area contributed by atoms with Gasteiger partial charge in [-0.2, -0.15) is 0 Å². The molecule has 0 spiro atoms. The molecule has 1 saturated heterocycles. The monoisotopic (exact) mass is 426 g/mol. The quantitative estimate of drug-likeness (QED) is 0.487. The van der Waals surface area contributed by atoms with E-state index in [4.69, 9.17) is 4.42 Å². The fraction of sp³-hybridized carbons (Fsp3) is 0.391. The second-order valence-electron chi connectivity index (χ2n) is 8.15. The van der Waals surface area contributed by atoms with Crippen molar-refractivity contribution in [3.05, 3.63) is 58.9 Å². The molecule has 0 saturated carbocycles. The summed E-state index contributed by atoms with van der Waals surface area (Å²) in [5, 5.41) is 9.93. The first kappa shape index (κ1) is 21.1. The number of fused-ring (bicyclic) bond motifs is 1. The highest BCUT2D eigenvalue weighted by atomic mass is 19.1. The zero-order chi connectivity index (χ0) is 22.0. The standard InChI is InChI=1S/C23H27FN4O3/c1-14-11-20(31-15(14)2)21(29)28-23(6-9-25-10-7-23)22(30)26-8-5-16-13-27-19-4-3-17(24)12-18(16)19/h3-4,11-13,25,27H,5-10H2,1-2H3,(H,26,30)(H,28,29). The normalized spacial score (nSPS) is 15.7. The molecule has 4 N–H and O–H groups in total. The number of hydrogen-bond donors (Lipinski definition) is 4. The second-order valence-corrected chi connectivity index (χ2v) is 8.15. The molecule has 31 heavy (non-hydrogen) atoms. The zero-order valence-corrected chi connectivity index (χ0v) is 17.7. The summed E-state index contributed by atoms with van der Waals surface area (Å²) < 4.78 is 19.1. The molecule has 3 heterocycles. The van der Waals surface area contributed by atoms with E-state index in [0.717, 1.165) is 22.0 Å². The van der Waals surface area contributed by atoms with E-state index in [1.54, 1.807) is 19.1 Å². The molecule has 0 bridgehead atoms. The lowest BCUT2D eigenvalue weighted by Crippen LogP contribution is -2.63. The van der Waals surface area contributed by atoms with Gasteiger partial charge in [-0.25, -0.2) is 4.39 Å². The minimum absolute atomic E-state index is 0.210. The Morgan fingerprint density at radius 1 is 1.19 bits per heavy atom. The van der Waals surface area contributed by atoms with E-state index in [0.29, 0.717) is 44.7 Å². The van der Waals surface area contributed by atoms with Gasteiger partial charge in [0.1, 0.15) is 17.1 Å². The number of halogens is 1. The van der Waals surface area contributed by atoms with Gasteiger partial charge >= 0.3 is 0 Å². The largest absolute Gasteiger partial charge is 0.456 e. The first-order chi connectivity index (χ1) is 14.9. The fourth-order valence-corrected chi connectivity index (χ4v) is 4.06. The molecule has 1 aliphatic heterocycles. The third-order valence-electron chi connectivity index (χ3n) is 6.04. The maximum atomic E-state index is 13.6. The Kier molecular flexibility index (Phi) is 5.82. The summed E-state index contributed by atoms with van der Waals surface area (Å²) in [6.07, 6.45) is 3.36. The minimum atomic E-state index is -0.997. The number of amides is 2. The number of benzene rings is 1. The van der Waals surface area contributed by atoms with E-state index in [9.17, 15) is 14.0 Å². The molecule has 1 fully saturated rings. The molecule has 1 aliphatic rings. The van der Waals surface area contributed by atoms with E-state index < -0.39 is 5.54 Å². The highest BCUT2D eigenvalue weighted by molar-refractivity contribution is 5.98. The molecule has 1 aromatic carbocycles. The molecular formula is C23H27FN4O3. The van der Waals surface area contributed by atoms with Crippen LogP contribution >= 0.6 is 0 Å². The van der Waals surface area contributed by atoms with E-state index in [1.807, 2.05) is 13.1 Å². The number of aryl methyl sites for hydroxylation is 2. The molecule has 7 nitrogen and oxygen atoms in total. The molecule has 0 atom stereocenters. The van der Waals surface area contributed by atoms with Crippen LogP contribution < -0.4 is 16.0 Å². The molecule has 0 radical (unpaired) electrons. The minimum Gasteiger partial charge on any atom is -0.456 e. The van der Waals surface area contributed by atoms with Crippen molar-refractivity contribution >= 4 is 22.7 Å². The van der Waals surface area contributed by atoms with Crippen LogP contribution in [0.4, 0.5) is 4.39 Å². The van der Waals surface area contributed by atoms with Crippen molar-refractivity contribution in [2.45, 2.75) is 38.6 Å². The molecule has 3 aromatic rings. The van der Waals surface area contributed by atoms with Crippen LogP contribution in [0.3, 0.4) is 0 Å². The van der Waals surface area contributed by atoms with Crippen molar-refractivity contribution in [1.29, 1.82) is 0 Å². The number of furan rings is 1. The van der Waals surface area contributed by atoms with Crippen LogP contribution in [0.1, 0.15) is 40.3 Å². The van der Waals surface area contributed by atoms with Gasteiger partial charge in [-0.1, -0.05) is 0 Å². The van der Waals surface area contributed by atoms with Gasteiger partial charge < -0.3 is 25.4 Å². The van der Waals surface area contributed by atoms with Gasteiger partial charge in [0.05, 0.1) is 0 Å². The summed E-state index contributed by atoms with van der Waals surface area (Å²) >= 11 is 0. The average Bonchev–Trinajstić information content (AvgIpc) is 3.31. The lowest BCUT2D eigenvalue weighted by Gasteiger charge is -2.36. The van der Waals surface area contributed by atoms with Gasteiger partial charge in [0.15, 0.2) is 5.76 Å². The number of H-pyrrole nitrogens is 1. The van der Waals surface area contributed by atoms with Gasteiger partial charge in [-0.15, -0.1) is 0 Å². The molecular weight excluding hydrogens is 399 g/mol. The third kappa shape index (κ3) is 4.34. The first-order valence-electron chi connectivity index (χ1n) is 10.5. The average molecular weight is 426 g/mol. The van der Waals surface area contributed by atoms with Crippen LogP contribution in [0.2, 0.25) is 0 Å². The van der Waals surface area contributed by atoms with Crippen LogP contribution in [0.25, 0.3) is 10.9 Å². The number of nitrogens with one attached hydrogen (secondary N) is 4.